The molecular formula is C24H20F5N3O3. The van der Waals surface area contributed by atoms with Gasteiger partial charge in [-0.2, -0.15) is 22.8 Å². The molecule has 1 aliphatic heterocycles. The molecule has 0 spiro atoms. The number of alkyl halides is 3. The molecule has 1 aromatic carbocycles. The first-order chi connectivity index (χ1) is 16.4. The number of aryl methyl sites for hydroxylation is 1. The zero-order valence-electron chi connectivity index (χ0n) is 19.1. The van der Waals surface area contributed by atoms with E-state index in [1.54, 1.807) is 6.92 Å². The Morgan fingerprint density at radius 2 is 1.97 bits per heavy atom. The highest BCUT2D eigenvalue weighted by Gasteiger charge is 2.65. The van der Waals surface area contributed by atoms with E-state index in [0.717, 1.165) is 32.2 Å². The molecule has 2 aromatic heterocycles. The summed E-state index contributed by atoms with van der Waals surface area (Å²) in [5.41, 5.74) is -2.84. The van der Waals surface area contributed by atoms with E-state index >= 15 is 0 Å². The Kier molecular flexibility index (Phi) is 5.84. The van der Waals surface area contributed by atoms with Gasteiger partial charge in [-0.3, -0.25) is 4.79 Å². The number of hydrogen-bond donors (Lipinski definition) is 1. The van der Waals surface area contributed by atoms with Gasteiger partial charge in [0.15, 0.2) is 28.3 Å². The minimum Gasteiger partial charge on any atom is -0.493 e. The van der Waals surface area contributed by atoms with Crippen LogP contribution in [0.3, 0.4) is 0 Å². The van der Waals surface area contributed by atoms with Crippen LogP contribution < -0.4 is 10.2 Å². The van der Waals surface area contributed by atoms with Crippen molar-refractivity contribution in [1.82, 2.24) is 9.97 Å². The summed E-state index contributed by atoms with van der Waals surface area (Å²) in [6.07, 6.45) is -4.88. The SMILES string of the molecule is COc1c([C@H]2[C@H](c3cc(=O)c4c(C#N)ncc(C)c4[nH]3)O[C@@](C)(C(F)(F)F)[C@H]2C)ccc(F)c1F. The van der Waals surface area contributed by atoms with Gasteiger partial charge in [0.2, 0.25) is 5.82 Å². The normalized spacial score (nSPS) is 24.5. The van der Waals surface area contributed by atoms with Crippen LogP contribution in [0.25, 0.3) is 10.9 Å². The molecule has 0 bridgehead atoms. The molecule has 3 aromatic rings. The molecule has 1 aliphatic rings. The number of H-pyrrole nitrogens is 1. The largest absolute Gasteiger partial charge is 0.493 e. The van der Waals surface area contributed by atoms with E-state index < -0.39 is 52.5 Å². The monoisotopic (exact) mass is 493 g/mol. The molecule has 4 rings (SSSR count). The van der Waals surface area contributed by atoms with Crippen LogP contribution in [-0.2, 0) is 4.74 Å². The van der Waals surface area contributed by atoms with Crippen LogP contribution in [0.15, 0.2) is 29.2 Å². The number of aromatic amines is 1. The molecule has 0 unspecified atom stereocenters. The predicted octanol–water partition coefficient (Wildman–Crippen LogP) is 5.20. The molecule has 0 radical (unpaired) electrons. The Hall–Kier alpha value is -3.52. The second-order valence-electron chi connectivity index (χ2n) is 8.68. The van der Waals surface area contributed by atoms with E-state index in [9.17, 15) is 32.0 Å². The maximum Gasteiger partial charge on any atom is 0.417 e. The Morgan fingerprint density at radius 3 is 2.57 bits per heavy atom. The molecule has 3 heterocycles. The molecule has 184 valence electrons. The van der Waals surface area contributed by atoms with E-state index in [-0.39, 0.29) is 27.9 Å². The van der Waals surface area contributed by atoms with Crippen LogP contribution in [0, 0.1) is 35.8 Å². The maximum atomic E-state index is 14.5. The van der Waals surface area contributed by atoms with Gasteiger partial charge in [0.1, 0.15) is 12.2 Å². The van der Waals surface area contributed by atoms with Gasteiger partial charge in [0, 0.05) is 35.4 Å². The topological polar surface area (TPSA) is 88.0 Å². The minimum absolute atomic E-state index is 0.0113. The van der Waals surface area contributed by atoms with Crippen molar-refractivity contribution in [2.75, 3.05) is 7.11 Å². The highest BCUT2D eigenvalue weighted by molar-refractivity contribution is 5.85. The van der Waals surface area contributed by atoms with Crippen LogP contribution in [0.5, 0.6) is 5.75 Å². The highest BCUT2D eigenvalue weighted by atomic mass is 19.4. The van der Waals surface area contributed by atoms with Gasteiger partial charge in [-0.05, 0) is 25.5 Å². The third-order valence-electron chi connectivity index (χ3n) is 6.80. The van der Waals surface area contributed by atoms with Gasteiger partial charge in [0.05, 0.1) is 18.0 Å². The number of halogens is 5. The van der Waals surface area contributed by atoms with Crippen LogP contribution in [0.4, 0.5) is 22.0 Å². The van der Waals surface area contributed by atoms with Crippen molar-refractivity contribution in [3.05, 3.63) is 68.8 Å². The standard InChI is InChI=1S/C24H20F5N3O3/c1-10-9-31-15(8-30)18-16(33)7-14(32-20(10)18)22-17(11(2)23(3,35-22)24(27,28)29)12-5-6-13(25)19(26)21(12)34-4/h5-7,9,11,17,22H,1-4H3,(H,32,33)/t11-,17-,22-,23+/m0/s1. The summed E-state index contributed by atoms with van der Waals surface area (Å²) in [5.74, 6) is -5.59. The molecule has 4 atom stereocenters. The molecule has 0 aliphatic carbocycles. The van der Waals surface area contributed by atoms with Crippen molar-refractivity contribution < 1.29 is 31.4 Å². The molecule has 1 saturated heterocycles. The summed E-state index contributed by atoms with van der Waals surface area (Å²) in [6.45, 7) is 3.78. The van der Waals surface area contributed by atoms with Crippen molar-refractivity contribution in [2.24, 2.45) is 5.92 Å². The Morgan fingerprint density at radius 1 is 1.29 bits per heavy atom. The average molecular weight is 493 g/mol. The van der Waals surface area contributed by atoms with Gasteiger partial charge in [-0.15, -0.1) is 0 Å². The van der Waals surface area contributed by atoms with E-state index in [1.807, 2.05) is 6.07 Å². The van der Waals surface area contributed by atoms with Crippen LogP contribution in [0.1, 0.15) is 48.4 Å². The molecular weight excluding hydrogens is 473 g/mol. The van der Waals surface area contributed by atoms with E-state index in [1.165, 1.54) is 13.1 Å². The molecule has 0 amide bonds. The van der Waals surface area contributed by atoms with Gasteiger partial charge < -0.3 is 14.5 Å². The van der Waals surface area contributed by atoms with E-state index in [4.69, 9.17) is 9.47 Å². The average Bonchev–Trinajstić information content (AvgIpc) is 3.08. The van der Waals surface area contributed by atoms with Crippen molar-refractivity contribution in [1.29, 1.82) is 5.26 Å². The number of nitriles is 1. The molecule has 1 N–H and O–H groups in total. The lowest BCUT2D eigenvalue weighted by Gasteiger charge is -2.32. The summed E-state index contributed by atoms with van der Waals surface area (Å²) in [4.78, 5) is 19.8. The smallest absolute Gasteiger partial charge is 0.417 e. The molecule has 1 fully saturated rings. The van der Waals surface area contributed by atoms with Crippen molar-refractivity contribution in [3.8, 4) is 11.8 Å². The maximum absolute atomic E-state index is 14.5. The molecule has 11 heteroatoms. The molecule has 6 nitrogen and oxygen atoms in total. The lowest BCUT2D eigenvalue weighted by Crippen LogP contribution is -2.46. The van der Waals surface area contributed by atoms with Crippen molar-refractivity contribution >= 4 is 10.9 Å². The van der Waals surface area contributed by atoms with Gasteiger partial charge in [-0.25, -0.2) is 9.37 Å². The third kappa shape index (κ3) is 3.63. The zero-order chi connectivity index (χ0) is 25.9. The second-order valence-corrected chi connectivity index (χ2v) is 8.68. The number of aromatic nitrogens is 2. The number of fused-ring (bicyclic) bond motifs is 1. The number of pyridine rings is 2. The van der Waals surface area contributed by atoms with Gasteiger partial charge in [0.25, 0.3) is 0 Å². The number of nitrogens with one attached hydrogen (secondary N) is 1. The lowest BCUT2D eigenvalue weighted by molar-refractivity contribution is -0.275. The number of ether oxygens (including phenoxy) is 2. The highest BCUT2D eigenvalue weighted by Crippen LogP contribution is 2.59. The Labute approximate surface area is 196 Å². The molecule has 0 saturated carbocycles. The number of hydrogen-bond acceptors (Lipinski definition) is 5. The number of benzene rings is 1. The Bertz CT molecular complexity index is 1430. The zero-order valence-corrected chi connectivity index (χ0v) is 19.1. The lowest BCUT2D eigenvalue weighted by atomic mass is 9.76. The van der Waals surface area contributed by atoms with Gasteiger partial charge >= 0.3 is 6.18 Å². The summed E-state index contributed by atoms with van der Waals surface area (Å²) >= 11 is 0. The van der Waals surface area contributed by atoms with Crippen molar-refractivity contribution in [3.63, 3.8) is 0 Å². The number of methoxy groups -OCH3 is 1. The van der Waals surface area contributed by atoms with Gasteiger partial charge in [-0.1, -0.05) is 13.0 Å². The first-order valence-electron chi connectivity index (χ1n) is 10.5. The Balaban J connectivity index is 2.01. The minimum atomic E-state index is -4.82. The fourth-order valence-corrected chi connectivity index (χ4v) is 4.72. The summed E-state index contributed by atoms with van der Waals surface area (Å²) < 4.78 is 81.6. The quantitative estimate of drug-likeness (QED) is 0.507. The predicted molar refractivity (Wildman–Crippen MR) is 115 cm³/mol. The van der Waals surface area contributed by atoms with E-state index in [0.29, 0.717) is 5.56 Å². The fraction of sp³-hybridized carbons (Fsp3) is 0.375. The van der Waals surface area contributed by atoms with E-state index in [2.05, 4.69) is 9.97 Å². The van der Waals surface area contributed by atoms with Crippen molar-refractivity contribution in [2.45, 2.75) is 44.6 Å². The number of rotatable bonds is 3. The van der Waals surface area contributed by atoms with Crippen LogP contribution in [-0.4, -0.2) is 28.9 Å². The summed E-state index contributed by atoms with van der Waals surface area (Å²) in [5, 5.41) is 9.32. The van der Waals surface area contributed by atoms with Crippen LogP contribution in [0.2, 0.25) is 0 Å². The second kappa shape index (κ2) is 8.30. The van der Waals surface area contributed by atoms with Crippen LogP contribution >= 0.6 is 0 Å². The third-order valence-corrected chi connectivity index (χ3v) is 6.80. The summed E-state index contributed by atoms with van der Waals surface area (Å²) in [6, 6.07) is 4.82. The fourth-order valence-electron chi connectivity index (χ4n) is 4.72. The number of nitrogens with zero attached hydrogens (tertiary/aromatic N) is 2. The molecule has 35 heavy (non-hydrogen) atoms. The first-order valence-corrected chi connectivity index (χ1v) is 10.5. The first kappa shape index (κ1) is 24.6. The summed E-state index contributed by atoms with van der Waals surface area (Å²) in [7, 11) is 1.08.